The molecule has 1 aromatic rings. The van der Waals surface area contributed by atoms with Crippen LogP contribution in [0.4, 0.5) is 4.79 Å². The lowest BCUT2D eigenvalue weighted by Gasteiger charge is -2.54. The zero-order valence-electron chi connectivity index (χ0n) is 15.8. The van der Waals surface area contributed by atoms with Crippen LogP contribution >= 0.6 is 0 Å². The Labute approximate surface area is 156 Å². The highest BCUT2D eigenvalue weighted by molar-refractivity contribution is 5.75. The molecule has 4 nitrogen and oxygen atoms in total. The standard InChI is InChI=1S/C22H31N3O/c1-24-7-8-25(20(14-24)17-5-3-2-4-6-17)22(26)23-21-18-10-15-9-16(12-18)13-19(21)11-15/h2-6,15-16,18-21H,7-14H2,1H3,(H,23,26). The molecule has 1 aromatic carbocycles. The zero-order valence-corrected chi connectivity index (χ0v) is 15.8. The van der Waals surface area contributed by atoms with Crippen molar-refractivity contribution in [2.24, 2.45) is 23.7 Å². The summed E-state index contributed by atoms with van der Waals surface area (Å²) in [5.74, 6) is 3.37. The van der Waals surface area contributed by atoms with Crippen molar-refractivity contribution in [3.05, 3.63) is 35.9 Å². The fourth-order valence-corrected chi connectivity index (χ4v) is 6.51. The predicted octanol–water partition coefficient (Wildman–Crippen LogP) is 3.51. The molecule has 6 rings (SSSR count). The van der Waals surface area contributed by atoms with Gasteiger partial charge >= 0.3 is 6.03 Å². The Hall–Kier alpha value is -1.55. The average Bonchev–Trinajstić information content (AvgIpc) is 2.64. The van der Waals surface area contributed by atoms with Crippen molar-refractivity contribution in [3.63, 3.8) is 0 Å². The first-order valence-corrected chi connectivity index (χ1v) is 10.5. The van der Waals surface area contributed by atoms with E-state index in [0.29, 0.717) is 6.04 Å². The fraction of sp³-hybridized carbons (Fsp3) is 0.682. The van der Waals surface area contributed by atoms with Crippen LogP contribution in [0.25, 0.3) is 0 Å². The molecular weight excluding hydrogens is 322 g/mol. The van der Waals surface area contributed by atoms with E-state index in [0.717, 1.165) is 43.3 Å². The van der Waals surface area contributed by atoms with Gasteiger partial charge in [0.05, 0.1) is 6.04 Å². The first-order chi connectivity index (χ1) is 12.7. The Morgan fingerprint density at radius 3 is 2.27 bits per heavy atom. The number of rotatable bonds is 2. The molecule has 140 valence electrons. The van der Waals surface area contributed by atoms with E-state index in [1.807, 2.05) is 0 Å². The number of hydrogen-bond acceptors (Lipinski definition) is 2. The molecule has 1 unspecified atom stereocenters. The maximum Gasteiger partial charge on any atom is 0.318 e. The molecule has 1 saturated heterocycles. The number of benzene rings is 1. The second-order valence-corrected chi connectivity index (χ2v) is 9.29. The summed E-state index contributed by atoms with van der Waals surface area (Å²) in [5.41, 5.74) is 1.25. The third-order valence-electron chi connectivity index (χ3n) is 7.55. The number of hydrogen-bond donors (Lipinski definition) is 1. The van der Waals surface area contributed by atoms with Gasteiger partial charge in [-0.3, -0.25) is 0 Å². The van der Waals surface area contributed by atoms with Crippen LogP contribution in [0, 0.1) is 23.7 Å². The van der Waals surface area contributed by atoms with Crippen LogP contribution in [-0.4, -0.2) is 48.6 Å². The van der Waals surface area contributed by atoms with Gasteiger partial charge in [-0.2, -0.15) is 0 Å². The number of piperazine rings is 1. The number of nitrogens with one attached hydrogen (secondary N) is 1. The van der Waals surface area contributed by atoms with Gasteiger partial charge in [-0.15, -0.1) is 0 Å². The quantitative estimate of drug-likeness (QED) is 0.883. The normalized spacial score (nSPS) is 39.2. The summed E-state index contributed by atoms with van der Waals surface area (Å²) >= 11 is 0. The van der Waals surface area contributed by atoms with Gasteiger partial charge < -0.3 is 15.1 Å². The van der Waals surface area contributed by atoms with E-state index < -0.39 is 0 Å². The fourth-order valence-electron chi connectivity index (χ4n) is 6.51. The molecule has 4 bridgehead atoms. The number of carbonyl (C=O) groups excluding carboxylic acids is 1. The van der Waals surface area contributed by atoms with Gasteiger partial charge in [0.25, 0.3) is 0 Å². The van der Waals surface area contributed by atoms with Crippen molar-refractivity contribution in [2.75, 3.05) is 26.7 Å². The van der Waals surface area contributed by atoms with Crippen molar-refractivity contribution < 1.29 is 4.79 Å². The molecular formula is C22H31N3O. The second kappa shape index (κ2) is 6.56. The number of amides is 2. The van der Waals surface area contributed by atoms with E-state index in [1.165, 1.54) is 37.7 Å². The number of nitrogens with zero attached hydrogens (tertiary/aromatic N) is 2. The minimum atomic E-state index is 0.159. The van der Waals surface area contributed by atoms with Crippen molar-refractivity contribution >= 4 is 6.03 Å². The molecule has 0 spiro atoms. The van der Waals surface area contributed by atoms with E-state index in [-0.39, 0.29) is 12.1 Å². The number of urea groups is 1. The number of likely N-dealkylation sites (N-methyl/N-ethyl adjacent to an activating group) is 1. The first kappa shape index (κ1) is 16.6. The van der Waals surface area contributed by atoms with Crippen LogP contribution in [0.3, 0.4) is 0 Å². The minimum absolute atomic E-state index is 0.159. The molecule has 2 amide bonds. The topological polar surface area (TPSA) is 35.6 Å². The second-order valence-electron chi connectivity index (χ2n) is 9.29. The molecule has 1 atom stereocenters. The molecule has 5 fully saturated rings. The Morgan fingerprint density at radius 2 is 1.62 bits per heavy atom. The van der Waals surface area contributed by atoms with Crippen molar-refractivity contribution in [1.29, 1.82) is 0 Å². The average molecular weight is 354 g/mol. The van der Waals surface area contributed by atoms with E-state index in [4.69, 9.17) is 0 Å². The van der Waals surface area contributed by atoms with Crippen LogP contribution in [-0.2, 0) is 0 Å². The minimum Gasteiger partial charge on any atom is -0.335 e. The third-order valence-corrected chi connectivity index (χ3v) is 7.55. The summed E-state index contributed by atoms with van der Waals surface area (Å²) in [6.45, 7) is 2.69. The lowest BCUT2D eigenvalue weighted by Crippen LogP contribution is -2.60. The summed E-state index contributed by atoms with van der Waals surface area (Å²) in [7, 11) is 2.16. The van der Waals surface area contributed by atoms with Crippen molar-refractivity contribution in [2.45, 2.75) is 44.2 Å². The van der Waals surface area contributed by atoms with E-state index in [9.17, 15) is 4.79 Å². The molecule has 1 heterocycles. The summed E-state index contributed by atoms with van der Waals surface area (Å²) in [5, 5.41) is 3.51. The lowest BCUT2D eigenvalue weighted by molar-refractivity contribution is -0.0127. The summed E-state index contributed by atoms with van der Waals surface area (Å²) in [6, 6.07) is 11.3. The maximum absolute atomic E-state index is 13.3. The van der Waals surface area contributed by atoms with E-state index in [2.05, 4.69) is 52.5 Å². The first-order valence-electron chi connectivity index (χ1n) is 10.5. The van der Waals surface area contributed by atoms with Crippen LogP contribution in [0.1, 0.15) is 43.7 Å². The summed E-state index contributed by atoms with van der Waals surface area (Å²) in [6.07, 6.45) is 6.86. The third kappa shape index (κ3) is 2.92. The highest BCUT2D eigenvalue weighted by atomic mass is 16.2. The molecule has 0 radical (unpaired) electrons. The smallest absolute Gasteiger partial charge is 0.318 e. The van der Waals surface area contributed by atoms with Gasteiger partial charge in [-0.25, -0.2) is 4.79 Å². The monoisotopic (exact) mass is 353 g/mol. The highest BCUT2D eigenvalue weighted by Crippen LogP contribution is 2.53. The van der Waals surface area contributed by atoms with E-state index >= 15 is 0 Å². The Balaban J connectivity index is 1.32. The molecule has 4 heteroatoms. The SMILES string of the molecule is CN1CCN(C(=O)NC2C3CC4CC(C3)CC2C4)C(c2ccccc2)C1. The van der Waals surface area contributed by atoms with Crippen LogP contribution < -0.4 is 5.32 Å². The Bertz CT molecular complexity index is 633. The molecule has 4 aliphatic carbocycles. The van der Waals surface area contributed by atoms with E-state index in [1.54, 1.807) is 0 Å². The molecule has 4 saturated carbocycles. The molecule has 26 heavy (non-hydrogen) atoms. The maximum atomic E-state index is 13.3. The number of carbonyl (C=O) groups is 1. The largest absolute Gasteiger partial charge is 0.335 e. The summed E-state index contributed by atoms with van der Waals surface area (Å²) in [4.78, 5) is 17.7. The van der Waals surface area contributed by atoms with Crippen LogP contribution in [0.5, 0.6) is 0 Å². The van der Waals surface area contributed by atoms with Crippen LogP contribution in [0.15, 0.2) is 30.3 Å². The van der Waals surface area contributed by atoms with Gasteiger partial charge in [0.15, 0.2) is 0 Å². The van der Waals surface area contributed by atoms with Crippen molar-refractivity contribution in [1.82, 2.24) is 15.1 Å². The molecule has 5 aliphatic rings. The highest BCUT2D eigenvalue weighted by Gasteiger charge is 2.49. The zero-order chi connectivity index (χ0) is 17.7. The Morgan fingerprint density at radius 1 is 0.962 bits per heavy atom. The van der Waals surface area contributed by atoms with Gasteiger partial charge in [0.1, 0.15) is 0 Å². The molecule has 1 N–H and O–H groups in total. The lowest BCUT2D eigenvalue weighted by atomic mass is 9.54. The summed E-state index contributed by atoms with van der Waals surface area (Å²) < 4.78 is 0. The predicted molar refractivity (Wildman–Crippen MR) is 103 cm³/mol. The van der Waals surface area contributed by atoms with Crippen LogP contribution in [0.2, 0.25) is 0 Å². The van der Waals surface area contributed by atoms with Gasteiger partial charge in [-0.1, -0.05) is 30.3 Å². The Kier molecular flexibility index (Phi) is 4.19. The molecule has 1 aliphatic heterocycles. The van der Waals surface area contributed by atoms with Gasteiger partial charge in [0.2, 0.25) is 0 Å². The van der Waals surface area contributed by atoms with Crippen molar-refractivity contribution in [3.8, 4) is 0 Å². The van der Waals surface area contributed by atoms with Gasteiger partial charge in [0, 0.05) is 25.7 Å². The molecule has 0 aromatic heterocycles. The van der Waals surface area contributed by atoms with Gasteiger partial charge in [-0.05, 0) is 68.4 Å².